The molecule has 0 aromatic heterocycles. The minimum atomic E-state index is -0.363. The van der Waals surface area contributed by atoms with Crippen molar-refractivity contribution in [1.29, 1.82) is 0 Å². The largest absolute Gasteiger partial charge is 0.459 e. The highest BCUT2D eigenvalue weighted by Gasteiger charge is 2.29. The number of anilines is 2. The van der Waals surface area contributed by atoms with E-state index >= 15 is 0 Å². The summed E-state index contributed by atoms with van der Waals surface area (Å²) >= 11 is 0. The van der Waals surface area contributed by atoms with Crippen LogP contribution < -0.4 is 10.1 Å². The molecule has 1 N–H and O–H groups in total. The average molecular weight is 379 g/mol. The summed E-state index contributed by atoms with van der Waals surface area (Å²) in [5.74, 6) is 0.0689. The van der Waals surface area contributed by atoms with E-state index < -0.39 is 0 Å². The van der Waals surface area contributed by atoms with Crippen LogP contribution in [0.4, 0.5) is 11.4 Å². The Bertz CT molecular complexity index is 829. The second kappa shape index (κ2) is 9.22. The summed E-state index contributed by atoms with van der Waals surface area (Å²) < 4.78 is 10.8. The summed E-state index contributed by atoms with van der Waals surface area (Å²) in [6, 6.07) is 17.1. The number of carbonyl (C=O) groups is 2. The monoisotopic (exact) mass is 379 g/mol. The number of para-hydroxylation sites is 1. The predicted molar refractivity (Wildman–Crippen MR) is 108 cm³/mol. The molecule has 3 rings (SSSR count). The number of carbonyl (C=O) groups excluding carboxylic acids is 2. The van der Waals surface area contributed by atoms with Gasteiger partial charge in [-0.05, 0) is 68.5 Å². The standard InChI is InChI=1S/C23H25NO4/c1-16(2)23(26)28-21-11-8-17(14-21)15-22(25)27-20-12-9-19(10-13-20)24-18-6-4-3-5-7-18/h3-7,9-10,12-13,17,21,24H,1,8,11,14-15H2,2H3. The van der Waals surface area contributed by atoms with Crippen molar-refractivity contribution in [3.8, 4) is 5.75 Å². The maximum Gasteiger partial charge on any atom is 0.333 e. The maximum absolute atomic E-state index is 12.2. The van der Waals surface area contributed by atoms with Gasteiger partial charge in [0.25, 0.3) is 0 Å². The molecule has 0 saturated heterocycles. The molecule has 1 fully saturated rings. The number of hydrogen-bond donors (Lipinski definition) is 1. The van der Waals surface area contributed by atoms with Crippen molar-refractivity contribution >= 4 is 23.3 Å². The molecule has 0 heterocycles. The van der Waals surface area contributed by atoms with Crippen LogP contribution in [0.15, 0.2) is 66.7 Å². The Hall–Kier alpha value is -3.08. The molecule has 2 unspecified atom stereocenters. The molecule has 0 spiro atoms. The molecule has 1 aliphatic carbocycles. The van der Waals surface area contributed by atoms with E-state index in [9.17, 15) is 9.59 Å². The Labute approximate surface area is 165 Å². The van der Waals surface area contributed by atoms with Gasteiger partial charge in [-0.25, -0.2) is 4.79 Å². The lowest BCUT2D eigenvalue weighted by Gasteiger charge is -2.13. The van der Waals surface area contributed by atoms with E-state index in [0.717, 1.165) is 24.2 Å². The Morgan fingerprint density at radius 3 is 2.39 bits per heavy atom. The van der Waals surface area contributed by atoms with Crippen LogP contribution in [0.1, 0.15) is 32.6 Å². The first-order valence-corrected chi connectivity index (χ1v) is 9.49. The molecule has 2 aromatic carbocycles. The smallest absolute Gasteiger partial charge is 0.333 e. The van der Waals surface area contributed by atoms with E-state index in [2.05, 4.69) is 11.9 Å². The minimum absolute atomic E-state index is 0.134. The quantitative estimate of drug-likeness (QED) is 0.416. The molecular formula is C23H25NO4. The molecule has 28 heavy (non-hydrogen) atoms. The van der Waals surface area contributed by atoms with E-state index in [1.54, 1.807) is 19.1 Å². The fourth-order valence-corrected chi connectivity index (χ4v) is 3.28. The van der Waals surface area contributed by atoms with Gasteiger partial charge in [0.05, 0.1) is 0 Å². The molecule has 5 nitrogen and oxygen atoms in total. The van der Waals surface area contributed by atoms with Crippen molar-refractivity contribution < 1.29 is 19.1 Å². The third kappa shape index (κ3) is 5.71. The van der Waals surface area contributed by atoms with Crippen LogP contribution in [0.5, 0.6) is 5.75 Å². The van der Waals surface area contributed by atoms with Crippen molar-refractivity contribution in [1.82, 2.24) is 0 Å². The highest BCUT2D eigenvalue weighted by Crippen LogP contribution is 2.31. The van der Waals surface area contributed by atoms with Gasteiger partial charge < -0.3 is 14.8 Å². The fraction of sp³-hybridized carbons (Fsp3) is 0.304. The normalized spacial score (nSPS) is 18.3. The molecule has 1 aliphatic rings. The van der Waals surface area contributed by atoms with Gasteiger partial charge in [0.2, 0.25) is 0 Å². The van der Waals surface area contributed by atoms with E-state index in [0.29, 0.717) is 24.2 Å². The summed E-state index contributed by atoms with van der Waals surface area (Å²) in [5.41, 5.74) is 2.31. The molecule has 2 atom stereocenters. The zero-order valence-corrected chi connectivity index (χ0v) is 16.0. The lowest BCUT2D eigenvalue weighted by molar-refractivity contribution is -0.143. The summed E-state index contributed by atoms with van der Waals surface area (Å²) in [4.78, 5) is 23.8. The van der Waals surface area contributed by atoms with Gasteiger partial charge in [0.15, 0.2) is 0 Å². The van der Waals surface area contributed by atoms with Gasteiger partial charge in [-0.15, -0.1) is 0 Å². The second-order valence-electron chi connectivity index (χ2n) is 7.18. The SMILES string of the molecule is C=C(C)C(=O)OC1CCC(CC(=O)Oc2ccc(Nc3ccccc3)cc2)C1. The van der Waals surface area contributed by atoms with E-state index in [1.807, 2.05) is 42.5 Å². The number of esters is 2. The summed E-state index contributed by atoms with van der Waals surface area (Å²) in [5, 5.41) is 3.28. The van der Waals surface area contributed by atoms with Crippen molar-refractivity contribution in [2.45, 2.75) is 38.7 Å². The third-order valence-corrected chi connectivity index (χ3v) is 4.72. The zero-order chi connectivity index (χ0) is 19.9. The van der Waals surface area contributed by atoms with Crippen molar-refractivity contribution in [2.75, 3.05) is 5.32 Å². The summed E-state index contributed by atoms with van der Waals surface area (Å²) in [6.07, 6.45) is 2.50. The minimum Gasteiger partial charge on any atom is -0.459 e. The van der Waals surface area contributed by atoms with Crippen molar-refractivity contribution in [3.63, 3.8) is 0 Å². The maximum atomic E-state index is 12.2. The van der Waals surface area contributed by atoms with Crippen LogP contribution in [0, 0.1) is 5.92 Å². The molecule has 0 amide bonds. The molecule has 0 radical (unpaired) electrons. The number of hydrogen-bond acceptors (Lipinski definition) is 5. The van der Waals surface area contributed by atoms with Crippen molar-refractivity contribution in [2.24, 2.45) is 5.92 Å². The summed E-state index contributed by atoms with van der Waals surface area (Å²) in [6.45, 7) is 5.22. The van der Waals surface area contributed by atoms with E-state index in [-0.39, 0.29) is 24.0 Å². The highest BCUT2D eigenvalue weighted by atomic mass is 16.5. The number of nitrogens with one attached hydrogen (secondary N) is 1. The number of ether oxygens (including phenoxy) is 2. The van der Waals surface area contributed by atoms with Gasteiger partial charge in [0.1, 0.15) is 11.9 Å². The lowest BCUT2D eigenvalue weighted by atomic mass is 10.0. The Balaban J connectivity index is 1.45. The zero-order valence-electron chi connectivity index (χ0n) is 16.0. The molecule has 0 bridgehead atoms. The van der Waals surface area contributed by atoms with Gasteiger partial charge in [-0.3, -0.25) is 4.79 Å². The Morgan fingerprint density at radius 2 is 1.71 bits per heavy atom. The van der Waals surface area contributed by atoms with Crippen LogP contribution in [0.2, 0.25) is 0 Å². The molecule has 146 valence electrons. The van der Waals surface area contributed by atoms with Crippen LogP contribution >= 0.6 is 0 Å². The highest BCUT2D eigenvalue weighted by molar-refractivity contribution is 5.87. The molecule has 0 aliphatic heterocycles. The van der Waals surface area contributed by atoms with Gasteiger partial charge >= 0.3 is 11.9 Å². The molecule has 1 saturated carbocycles. The lowest BCUT2D eigenvalue weighted by Crippen LogP contribution is -2.17. The Kier molecular flexibility index (Phi) is 6.48. The van der Waals surface area contributed by atoms with Crippen LogP contribution in [-0.4, -0.2) is 18.0 Å². The van der Waals surface area contributed by atoms with Gasteiger partial charge in [-0.2, -0.15) is 0 Å². The average Bonchev–Trinajstić information content (AvgIpc) is 3.10. The topological polar surface area (TPSA) is 64.6 Å². The molecule has 5 heteroatoms. The first-order valence-electron chi connectivity index (χ1n) is 9.49. The Morgan fingerprint density at radius 1 is 1.04 bits per heavy atom. The predicted octanol–water partition coefficient (Wildman–Crippen LogP) is 5.01. The summed E-state index contributed by atoms with van der Waals surface area (Å²) in [7, 11) is 0. The molecule has 2 aromatic rings. The second-order valence-corrected chi connectivity index (χ2v) is 7.18. The van der Waals surface area contributed by atoms with Crippen molar-refractivity contribution in [3.05, 3.63) is 66.7 Å². The van der Waals surface area contributed by atoms with Crippen LogP contribution in [0.3, 0.4) is 0 Å². The first-order chi connectivity index (χ1) is 13.5. The number of benzene rings is 2. The number of rotatable bonds is 7. The molecular weight excluding hydrogens is 354 g/mol. The first kappa shape index (κ1) is 19.7. The van der Waals surface area contributed by atoms with Gasteiger partial charge in [-0.1, -0.05) is 24.8 Å². The third-order valence-electron chi connectivity index (χ3n) is 4.72. The fourth-order valence-electron chi connectivity index (χ4n) is 3.28. The van der Waals surface area contributed by atoms with Gasteiger partial charge in [0, 0.05) is 23.4 Å². The van der Waals surface area contributed by atoms with Crippen LogP contribution in [-0.2, 0) is 14.3 Å². The van der Waals surface area contributed by atoms with E-state index in [1.165, 1.54) is 0 Å². The van der Waals surface area contributed by atoms with E-state index in [4.69, 9.17) is 9.47 Å². The van der Waals surface area contributed by atoms with Crippen LogP contribution in [0.25, 0.3) is 0 Å².